The van der Waals surface area contributed by atoms with Crippen LogP contribution in [-0.4, -0.2) is 23.1 Å². The van der Waals surface area contributed by atoms with Gasteiger partial charge < -0.3 is 15.7 Å². The molecule has 5 heteroatoms. The first-order valence-corrected chi connectivity index (χ1v) is 8.45. The Hall–Kier alpha value is -2.04. The van der Waals surface area contributed by atoms with Crippen molar-refractivity contribution in [2.45, 2.75) is 57.5 Å². The molecule has 0 radical (unpaired) electrons. The SMILES string of the molecule is CCCC(NC(=O)NC1CCC(C(=O)O)CC1)c1ccccc1. The highest BCUT2D eigenvalue weighted by molar-refractivity contribution is 5.75. The van der Waals surface area contributed by atoms with E-state index in [1.807, 2.05) is 30.3 Å². The summed E-state index contributed by atoms with van der Waals surface area (Å²) in [6, 6.07) is 9.90. The second kappa shape index (κ2) is 8.56. The second-order valence-electron chi connectivity index (χ2n) is 6.26. The number of rotatable bonds is 6. The van der Waals surface area contributed by atoms with Gasteiger partial charge in [0.2, 0.25) is 0 Å². The Kier molecular flexibility index (Phi) is 6.44. The third kappa shape index (κ3) is 5.27. The van der Waals surface area contributed by atoms with Gasteiger partial charge in [-0.1, -0.05) is 43.7 Å². The second-order valence-corrected chi connectivity index (χ2v) is 6.26. The molecule has 0 heterocycles. The maximum absolute atomic E-state index is 12.2. The number of aliphatic carboxylic acids is 1. The van der Waals surface area contributed by atoms with Crippen LogP contribution in [0.5, 0.6) is 0 Å². The standard InChI is InChI=1S/C18H26N2O3/c1-2-6-16(13-7-4-3-5-8-13)20-18(23)19-15-11-9-14(10-12-15)17(21)22/h3-5,7-8,14-16H,2,6,9-12H2,1H3,(H,21,22)(H2,19,20,23). The van der Waals surface area contributed by atoms with Crippen molar-refractivity contribution in [2.75, 3.05) is 0 Å². The average molecular weight is 318 g/mol. The van der Waals surface area contributed by atoms with Crippen LogP contribution in [0.3, 0.4) is 0 Å². The molecule has 1 aromatic carbocycles. The molecular formula is C18H26N2O3. The molecule has 1 aliphatic carbocycles. The molecule has 0 saturated heterocycles. The fourth-order valence-corrected chi connectivity index (χ4v) is 3.17. The number of hydrogen-bond donors (Lipinski definition) is 3. The molecule has 1 saturated carbocycles. The molecule has 0 aromatic heterocycles. The Morgan fingerprint density at radius 3 is 2.39 bits per heavy atom. The van der Waals surface area contributed by atoms with Crippen LogP contribution in [0.15, 0.2) is 30.3 Å². The number of amides is 2. The molecule has 0 bridgehead atoms. The number of carbonyl (C=O) groups excluding carboxylic acids is 1. The van der Waals surface area contributed by atoms with Crippen LogP contribution >= 0.6 is 0 Å². The molecule has 1 aromatic rings. The van der Waals surface area contributed by atoms with Crippen LogP contribution in [0.1, 0.15) is 57.1 Å². The Balaban J connectivity index is 1.84. The Labute approximate surface area is 137 Å². The van der Waals surface area contributed by atoms with Gasteiger partial charge in [-0.15, -0.1) is 0 Å². The quantitative estimate of drug-likeness (QED) is 0.751. The van der Waals surface area contributed by atoms with E-state index < -0.39 is 5.97 Å². The summed E-state index contributed by atoms with van der Waals surface area (Å²) >= 11 is 0. The minimum atomic E-state index is -0.722. The molecule has 2 amide bonds. The van der Waals surface area contributed by atoms with Crippen molar-refractivity contribution in [3.05, 3.63) is 35.9 Å². The summed E-state index contributed by atoms with van der Waals surface area (Å²) in [6.07, 6.45) is 4.61. The summed E-state index contributed by atoms with van der Waals surface area (Å²) in [5.41, 5.74) is 1.11. The minimum Gasteiger partial charge on any atom is -0.481 e. The Bertz CT molecular complexity index is 510. The van der Waals surface area contributed by atoms with Crippen molar-refractivity contribution < 1.29 is 14.7 Å². The van der Waals surface area contributed by atoms with Gasteiger partial charge in [0.05, 0.1) is 12.0 Å². The smallest absolute Gasteiger partial charge is 0.315 e. The molecule has 1 atom stereocenters. The third-order valence-corrected chi connectivity index (χ3v) is 4.50. The number of nitrogens with one attached hydrogen (secondary N) is 2. The highest BCUT2D eigenvalue weighted by atomic mass is 16.4. The van der Waals surface area contributed by atoms with E-state index in [1.54, 1.807) is 0 Å². The minimum absolute atomic E-state index is 0.0107. The van der Waals surface area contributed by atoms with Gasteiger partial charge in [-0.2, -0.15) is 0 Å². The molecule has 5 nitrogen and oxygen atoms in total. The first kappa shape index (κ1) is 17.3. The predicted octanol–water partition coefficient (Wildman–Crippen LogP) is 3.47. The largest absolute Gasteiger partial charge is 0.481 e. The van der Waals surface area contributed by atoms with Gasteiger partial charge in [-0.25, -0.2) is 4.79 Å². The fraction of sp³-hybridized carbons (Fsp3) is 0.556. The molecule has 0 aliphatic heterocycles. The van der Waals surface area contributed by atoms with Gasteiger partial charge in [0.25, 0.3) is 0 Å². The van der Waals surface area contributed by atoms with Gasteiger partial charge >= 0.3 is 12.0 Å². The Morgan fingerprint density at radius 2 is 1.83 bits per heavy atom. The molecular weight excluding hydrogens is 292 g/mol. The van der Waals surface area contributed by atoms with E-state index in [1.165, 1.54) is 0 Å². The summed E-state index contributed by atoms with van der Waals surface area (Å²) in [5, 5.41) is 15.1. The number of carbonyl (C=O) groups is 2. The van der Waals surface area contributed by atoms with Crippen LogP contribution in [0, 0.1) is 5.92 Å². The number of carboxylic acids is 1. The topological polar surface area (TPSA) is 78.4 Å². The van der Waals surface area contributed by atoms with Crippen molar-refractivity contribution in [3.63, 3.8) is 0 Å². The van der Waals surface area contributed by atoms with E-state index in [0.29, 0.717) is 12.8 Å². The van der Waals surface area contributed by atoms with Crippen LogP contribution in [0.4, 0.5) is 4.79 Å². The third-order valence-electron chi connectivity index (χ3n) is 4.50. The maximum atomic E-state index is 12.2. The fourth-order valence-electron chi connectivity index (χ4n) is 3.17. The van der Waals surface area contributed by atoms with Gasteiger partial charge in [0, 0.05) is 6.04 Å². The lowest BCUT2D eigenvalue weighted by Gasteiger charge is -2.28. The van der Waals surface area contributed by atoms with E-state index in [2.05, 4.69) is 17.6 Å². The summed E-state index contributed by atoms with van der Waals surface area (Å²) < 4.78 is 0. The Morgan fingerprint density at radius 1 is 1.17 bits per heavy atom. The van der Waals surface area contributed by atoms with Crippen molar-refractivity contribution in [1.29, 1.82) is 0 Å². The van der Waals surface area contributed by atoms with E-state index in [-0.39, 0.29) is 24.0 Å². The first-order chi connectivity index (χ1) is 11.1. The number of hydrogen-bond acceptors (Lipinski definition) is 2. The van der Waals surface area contributed by atoms with Crippen LogP contribution in [0.25, 0.3) is 0 Å². The molecule has 2 rings (SSSR count). The zero-order valence-corrected chi connectivity index (χ0v) is 13.6. The van der Waals surface area contributed by atoms with Gasteiger partial charge in [-0.05, 0) is 37.7 Å². The van der Waals surface area contributed by atoms with Crippen LogP contribution in [-0.2, 0) is 4.79 Å². The van der Waals surface area contributed by atoms with Crippen molar-refractivity contribution in [2.24, 2.45) is 5.92 Å². The molecule has 3 N–H and O–H groups in total. The summed E-state index contributed by atoms with van der Waals surface area (Å²) in [6.45, 7) is 2.10. The molecule has 1 fully saturated rings. The van der Waals surface area contributed by atoms with E-state index in [4.69, 9.17) is 5.11 Å². The lowest BCUT2D eigenvalue weighted by atomic mass is 9.86. The summed E-state index contributed by atoms with van der Waals surface area (Å²) in [5.74, 6) is -0.978. The monoisotopic (exact) mass is 318 g/mol. The maximum Gasteiger partial charge on any atom is 0.315 e. The van der Waals surface area contributed by atoms with E-state index in [9.17, 15) is 9.59 Å². The highest BCUT2D eigenvalue weighted by Gasteiger charge is 2.27. The molecule has 23 heavy (non-hydrogen) atoms. The lowest BCUT2D eigenvalue weighted by Crippen LogP contribution is -2.45. The first-order valence-electron chi connectivity index (χ1n) is 8.45. The molecule has 126 valence electrons. The average Bonchev–Trinajstić information content (AvgIpc) is 2.55. The van der Waals surface area contributed by atoms with Crippen molar-refractivity contribution in [3.8, 4) is 0 Å². The van der Waals surface area contributed by atoms with Gasteiger partial charge in [0.1, 0.15) is 0 Å². The molecule has 1 unspecified atom stereocenters. The molecule has 1 aliphatic rings. The molecule has 0 spiro atoms. The highest BCUT2D eigenvalue weighted by Crippen LogP contribution is 2.24. The predicted molar refractivity (Wildman–Crippen MR) is 89.1 cm³/mol. The zero-order chi connectivity index (χ0) is 16.7. The van der Waals surface area contributed by atoms with Crippen LogP contribution in [0.2, 0.25) is 0 Å². The summed E-state index contributed by atoms with van der Waals surface area (Å²) in [7, 11) is 0. The van der Waals surface area contributed by atoms with Crippen molar-refractivity contribution >= 4 is 12.0 Å². The summed E-state index contributed by atoms with van der Waals surface area (Å²) in [4.78, 5) is 23.2. The lowest BCUT2D eigenvalue weighted by molar-refractivity contribution is -0.142. The number of benzene rings is 1. The van der Waals surface area contributed by atoms with E-state index in [0.717, 1.165) is 31.2 Å². The van der Waals surface area contributed by atoms with Gasteiger partial charge in [0.15, 0.2) is 0 Å². The van der Waals surface area contributed by atoms with E-state index >= 15 is 0 Å². The zero-order valence-electron chi connectivity index (χ0n) is 13.6. The van der Waals surface area contributed by atoms with Gasteiger partial charge in [-0.3, -0.25) is 4.79 Å². The number of carboxylic acid groups (broad SMARTS) is 1. The van der Waals surface area contributed by atoms with Crippen molar-refractivity contribution in [1.82, 2.24) is 10.6 Å². The van der Waals surface area contributed by atoms with Crippen LogP contribution < -0.4 is 10.6 Å². The number of urea groups is 1. The normalized spacial score (nSPS) is 22.1.